The molecule has 0 saturated heterocycles. The second kappa shape index (κ2) is 33.3. The van der Waals surface area contributed by atoms with Crippen molar-refractivity contribution in [1.82, 2.24) is 0 Å². The zero-order valence-electron chi connectivity index (χ0n) is 46.2. The molecule has 388 valence electrons. The molecule has 0 radical (unpaired) electrons. The predicted molar refractivity (Wildman–Crippen MR) is 311 cm³/mol. The maximum Gasteiger partial charge on any atom is 0.0316 e. The van der Waals surface area contributed by atoms with Gasteiger partial charge in [0.15, 0.2) is 0 Å². The molecule has 1 fully saturated rings. The second-order valence-electron chi connectivity index (χ2n) is 22.8. The molecule has 1 aliphatic rings. The third-order valence-electron chi connectivity index (χ3n) is 17.2. The molecule has 0 amide bonds. The van der Waals surface area contributed by atoms with E-state index in [1.54, 1.807) is 0 Å². The van der Waals surface area contributed by atoms with Gasteiger partial charge in [-0.3, -0.25) is 0 Å². The van der Waals surface area contributed by atoms with Crippen LogP contribution < -0.4 is 11.5 Å². The van der Waals surface area contributed by atoms with Gasteiger partial charge in [-0.15, -0.1) is 0 Å². The van der Waals surface area contributed by atoms with E-state index in [0.717, 1.165) is 17.3 Å². The van der Waals surface area contributed by atoms with E-state index < -0.39 is 0 Å². The van der Waals surface area contributed by atoms with Crippen molar-refractivity contribution in [2.45, 2.75) is 277 Å². The number of nitrogen functional groups attached to an aromatic ring is 2. The summed E-state index contributed by atoms with van der Waals surface area (Å²) in [4.78, 5) is 0. The summed E-state index contributed by atoms with van der Waals surface area (Å²) >= 11 is 0. The molecule has 2 atom stereocenters. The van der Waals surface area contributed by atoms with Gasteiger partial charge in [0, 0.05) is 28.6 Å². The largest absolute Gasteiger partial charge is 0.399 e. The van der Waals surface area contributed by atoms with Gasteiger partial charge in [-0.2, -0.15) is 0 Å². The molecule has 1 aliphatic carbocycles. The summed E-state index contributed by atoms with van der Waals surface area (Å²) in [5.41, 5.74) is 26.0. The van der Waals surface area contributed by atoms with Crippen LogP contribution in [0.2, 0.25) is 0 Å². The highest BCUT2D eigenvalue weighted by Gasteiger charge is 2.38. The highest BCUT2D eigenvalue weighted by Crippen LogP contribution is 2.49. The molecule has 4 aromatic carbocycles. The monoisotopic (exact) mass is 951 g/mol. The quantitative estimate of drug-likeness (QED) is 0.0350. The average molecular weight is 952 g/mol. The highest BCUT2D eigenvalue weighted by atomic mass is 14.5. The maximum absolute atomic E-state index is 6.33. The molecule has 0 bridgehead atoms. The SMILES string of the molecule is CCCCCCCCCCCCC1CCC(c2ccc(C(CCCCCCCCCCC)c3ccc(N)cc3C)cc2)(c2ccc(C(CCCCCCCCCCC)c3ccc(N)cc3C)cc2)CC1. The lowest BCUT2D eigenvalue weighted by atomic mass is 9.62. The third kappa shape index (κ3) is 19.2. The molecule has 0 spiro atoms. The zero-order valence-corrected chi connectivity index (χ0v) is 46.2. The number of unbranched alkanes of at least 4 members (excludes halogenated alkanes) is 25. The summed E-state index contributed by atoms with van der Waals surface area (Å²) < 4.78 is 0. The fourth-order valence-corrected chi connectivity index (χ4v) is 12.7. The summed E-state index contributed by atoms with van der Waals surface area (Å²) in [5.74, 6) is 1.64. The Morgan fingerprint density at radius 3 is 1.04 bits per heavy atom. The molecule has 1 saturated carbocycles. The topological polar surface area (TPSA) is 52.0 Å². The number of hydrogen-bond acceptors (Lipinski definition) is 2. The van der Waals surface area contributed by atoms with Gasteiger partial charge in [-0.05, 0) is 127 Å². The minimum Gasteiger partial charge on any atom is -0.399 e. The van der Waals surface area contributed by atoms with E-state index in [1.807, 2.05) is 0 Å². The van der Waals surface area contributed by atoms with Crippen LogP contribution in [-0.2, 0) is 5.41 Å². The molecule has 5 rings (SSSR count). The molecule has 2 heteroatoms. The lowest BCUT2D eigenvalue weighted by molar-refractivity contribution is 0.250. The van der Waals surface area contributed by atoms with Crippen LogP contribution in [0.1, 0.15) is 302 Å². The van der Waals surface area contributed by atoms with Crippen LogP contribution in [-0.4, -0.2) is 0 Å². The summed E-state index contributed by atoms with van der Waals surface area (Å²) in [6, 6.07) is 33.6. The highest BCUT2D eigenvalue weighted by molar-refractivity contribution is 5.51. The molecule has 2 unspecified atom stereocenters. The van der Waals surface area contributed by atoms with Crippen LogP contribution in [0.15, 0.2) is 84.9 Å². The fraction of sp³-hybridized carbons (Fsp3) is 0.647. The van der Waals surface area contributed by atoms with Crippen LogP contribution in [0.4, 0.5) is 11.4 Å². The number of rotatable bonds is 37. The van der Waals surface area contributed by atoms with Crippen molar-refractivity contribution in [3.63, 3.8) is 0 Å². The third-order valence-corrected chi connectivity index (χ3v) is 17.2. The van der Waals surface area contributed by atoms with Crippen LogP contribution in [0.3, 0.4) is 0 Å². The van der Waals surface area contributed by atoms with E-state index in [1.165, 1.54) is 269 Å². The van der Waals surface area contributed by atoms with Gasteiger partial charge in [0.1, 0.15) is 0 Å². The standard InChI is InChI=1S/C68H106N2/c1-6-9-12-15-18-21-24-25-28-31-34-57-49-51-68(52-50-57,60-41-37-58(38-42-60)66(64-47-45-62(69)53-55(64)4)35-32-29-26-22-19-16-13-10-7-2)61-43-39-59(40-44-61)67(65-48-46-63(70)54-56(65)5)36-33-30-27-23-20-17-14-11-8-3/h37-48,53-54,57,66-67H,6-36,49-52,69-70H2,1-5H3. The summed E-state index contributed by atoms with van der Waals surface area (Å²) in [6.45, 7) is 11.5. The van der Waals surface area contributed by atoms with Gasteiger partial charge in [-0.1, -0.05) is 268 Å². The van der Waals surface area contributed by atoms with E-state index in [0.29, 0.717) is 11.8 Å². The van der Waals surface area contributed by atoms with E-state index in [2.05, 4.69) is 120 Å². The lowest BCUT2D eigenvalue weighted by Gasteiger charge is -2.42. The minimum absolute atomic E-state index is 0.0405. The Morgan fingerprint density at radius 1 is 0.400 bits per heavy atom. The van der Waals surface area contributed by atoms with Crippen LogP contribution in [0.25, 0.3) is 0 Å². The Balaban J connectivity index is 1.34. The molecular weight excluding hydrogens is 845 g/mol. The Bertz CT molecular complexity index is 1830. The molecule has 4 N–H and O–H groups in total. The van der Waals surface area contributed by atoms with Crippen molar-refractivity contribution in [1.29, 1.82) is 0 Å². The van der Waals surface area contributed by atoms with Crippen molar-refractivity contribution in [2.24, 2.45) is 5.92 Å². The first-order chi connectivity index (χ1) is 34.3. The van der Waals surface area contributed by atoms with Crippen molar-refractivity contribution < 1.29 is 0 Å². The van der Waals surface area contributed by atoms with Gasteiger partial charge in [0.2, 0.25) is 0 Å². The van der Waals surface area contributed by atoms with Gasteiger partial charge in [0.05, 0.1) is 0 Å². The van der Waals surface area contributed by atoms with Gasteiger partial charge >= 0.3 is 0 Å². The van der Waals surface area contributed by atoms with Crippen LogP contribution in [0.5, 0.6) is 0 Å². The Morgan fingerprint density at radius 2 is 0.714 bits per heavy atom. The first kappa shape index (κ1) is 57.4. The zero-order chi connectivity index (χ0) is 49.7. The van der Waals surface area contributed by atoms with Gasteiger partial charge in [-0.25, -0.2) is 0 Å². The molecule has 0 aliphatic heterocycles. The second-order valence-corrected chi connectivity index (χ2v) is 22.8. The van der Waals surface area contributed by atoms with Crippen molar-refractivity contribution in [3.05, 3.63) is 129 Å². The minimum atomic E-state index is 0.0405. The number of nitrogens with two attached hydrogens (primary N) is 2. The first-order valence-corrected chi connectivity index (χ1v) is 30.2. The van der Waals surface area contributed by atoms with Crippen molar-refractivity contribution in [2.75, 3.05) is 11.5 Å². The molecule has 0 heterocycles. The number of aryl methyl sites for hydroxylation is 2. The fourth-order valence-electron chi connectivity index (χ4n) is 12.7. The number of anilines is 2. The van der Waals surface area contributed by atoms with E-state index in [4.69, 9.17) is 11.5 Å². The van der Waals surface area contributed by atoms with E-state index in [-0.39, 0.29) is 5.41 Å². The molecule has 0 aromatic heterocycles. The number of benzene rings is 4. The van der Waals surface area contributed by atoms with Gasteiger partial charge in [0.25, 0.3) is 0 Å². The summed E-state index contributed by atoms with van der Waals surface area (Å²) in [6.07, 6.45) is 47.7. The van der Waals surface area contributed by atoms with Crippen LogP contribution in [0, 0.1) is 19.8 Å². The van der Waals surface area contributed by atoms with E-state index >= 15 is 0 Å². The molecular formula is C68H106N2. The average Bonchev–Trinajstić information content (AvgIpc) is 3.37. The maximum atomic E-state index is 6.33. The Kier molecular flexibility index (Phi) is 27.3. The Labute approximate surface area is 432 Å². The van der Waals surface area contributed by atoms with Crippen LogP contribution >= 0.6 is 0 Å². The van der Waals surface area contributed by atoms with Crippen molar-refractivity contribution in [3.8, 4) is 0 Å². The Hall–Kier alpha value is -3.52. The summed E-state index contributed by atoms with van der Waals surface area (Å²) in [7, 11) is 0. The first-order valence-electron chi connectivity index (χ1n) is 30.2. The lowest BCUT2D eigenvalue weighted by Crippen LogP contribution is -2.33. The van der Waals surface area contributed by atoms with Gasteiger partial charge < -0.3 is 11.5 Å². The summed E-state index contributed by atoms with van der Waals surface area (Å²) in [5, 5.41) is 0. The van der Waals surface area contributed by atoms with Crippen molar-refractivity contribution >= 4 is 11.4 Å². The molecule has 4 aromatic rings. The smallest absolute Gasteiger partial charge is 0.0316 e. The number of hydrogen-bond donors (Lipinski definition) is 2. The molecule has 70 heavy (non-hydrogen) atoms. The molecule has 2 nitrogen and oxygen atoms in total. The van der Waals surface area contributed by atoms with E-state index in [9.17, 15) is 0 Å². The predicted octanol–water partition coefficient (Wildman–Crippen LogP) is 21.4. The normalized spacial score (nSPS) is 17.0.